The smallest absolute Gasteiger partial charge is 0.224 e. The van der Waals surface area contributed by atoms with Crippen molar-refractivity contribution in [2.24, 2.45) is 0 Å². The number of rotatable bonds is 5. The Labute approximate surface area is 118 Å². The molecular weight excluding hydrogens is 290 g/mol. The van der Waals surface area contributed by atoms with E-state index < -0.39 is 0 Å². The number of benzene rings is 1. The molecule has 1 aromatic carbocycles. The Morgan fingerprint density at radius 1 is 1.33 bits per heavy atom. The molecular formula is C15H22BrNO. The number of alkyl halides is 1. The second kappa shape index (κ2) is 6.37. The van der Waals surface area contributed by atoms with E-state index in [0.29, 0.717) is 6.42 Å². The zero-order valence-corrected chi connectivity index (χ0v) is 13.2. The van der Waals surface area contributed by atoms with Crippen molar-refractivity contribution in [2.45, 2.75) is 46.1 Å². The van der Waals surface area contributed by atoms with Gasteiger partial charge in [0.1, 0.15) is 0 Å². The van der Waals surface area contributed by atoms with Gasteiger partial charge < -0.3 is 5.32 Å². The summed E-state index contributed by atoms with van der Waals surface area (Å²) in [6.45, 7) is 8.29. The molecule has 0 bridgehead atoms. The van der Waals surface area contributed by atoms with Crippen LogP contribution < -0.4 is 5.32 Å². The van der Waals surface area contributed by atoms with E-state index in [1.54, 1.807) is 0 Å². The van der Waals surface area contributed by atoms with Gasteiger partial charge in [0.15, 0.2) is 0 Å². The molecule has 1 unspecified atom stereocenters. The maximum absolute atomic E-state index is 12.0. The molecule has 1 rings (SSSR count). The molecule has 0 fully saturated rings. The Morgan fingerprint density at radius 3 is 2.50 bits per heavy atom. The Morgan fingerprint density at radius 2 is 2.00 bits per heavy atom. The first kappa shape index (κ1) is 15.2. The van der Waals surface area contributed by atoms with Gasteiger partial charge in [-0.3, -0.25) is 4.79 Å². The summed E-state index contributed by atoms with van der Waals surface area (Å²) in [5, 5.41) is 3.86. The fraction of sp³-hybridized carbons (Fsp3) is 0.533. The lowest BCUT2D eigenvalue weighted by Crippen LogP contribution is -2.47. The summed E-state index contributed by atoms with van der Waals surface area (Å²) in [7, 11) is 0. The van der Waals surface area contributed by atoms with Crippen LogP contribution in [0.2, 0.25) is 0 Å². The highest BCUT2D eigenvalue weighted by Crippen LogP contribution is 2.14. The van der Waals surface area contributed by atoms with E-state index in [0.717, 1.165) is 17.3 Å². The summed E-state index contributed by atoms with van der Waals surface area (Å²) < 4.78 is 0. The SMILES string of the molecule is CCC(C)(CBr)NC(=O)Cc1ccc(C)c(C)c1. The molecule has 1 N–H and O–H groups in total. The normalized spacial score (nSPS) is 14.1. The highest BCUT2D eigenvalue weighted by molar-refractivity contribution is 9.09. The fourth-order valence-corrected chi connectivity index (χ4v) is 2.23. The number of hydrogen-bond acceptors (Lipinski definition) is 1. The van der Waals surface area contributed by atoms with Crippen molar-refractivity contribution >= 4 is 21.8 Å². The van der Waals surface area contributed by atoms with Gasteiger partial charge in [0.25, 0.3) is 0 Å². The molecule has 0 aliphatic carbocycles. The fourth-order valence-electron chi connectivity index (χ4n) is 1.70. The third-order valence-corrected chi connectivity index (χ3v) is 4.69. The molecule has 0 aromatic heterocycles. The van der Waals surface area contributed by atoms with Crippen LogP contribution in [0.15, 0.2) is 18.2 Å². The van der Waals surface area contributed by atoms with Crippen LogP contribution in [0.5, 0.6) is 0 Å². The zero-order chi connectivity index (χ0) is 13.8. The van der Waals surface area contributed by atoms with Crippen molar-refractivity contribution in [3.8, 4) is 0 Å². The molecule has 0 aliphatic heterocycles. The van der Waals surface area contributed by atoms with Gasteiger partial charge in [0.05, 0.1) is 6.42 Å². The number of hydrogen-bond donors (Lipinski definition) is 1. The minimum absolute atomic E-state index is 0.0852. The third-order valence-electron chi connectivity index (χ3n) is 3.45. The van der Waals surface area contributed by atoms with E-state index in [4.69, 9.17) is 0 Å². The van der Waals surface area contributed by atoms with Crippen LogP contribution in [0.4, 0.5) is 0 Å². The molecule has 0 heterocycles. The van der Waals surface area contributed by atoms with Gasteiger partial charge >= 0.3 is 0 Å². The third kappa shape index (κ3) is 4.13. The quantitative estimate of drug-likeness (QED) is 0.828. The maximum atomic E-state index is 12.0. The zero-order valence-electron chi connectivity index (χ0n) is 11.6. The minimum atomic E-state index is -0.156. The molecule has 1 amide bonds. The molecule has 100 valence electrons. The summed E-state index contributed by atoms with van der Waals surface area (Å²) in [4.78, 5) is 12.0. The molecule has 1 atom stereocenters. The van der Waals surface area contributed by atoms with E-state index >= 15 is 0 Å². The number of aryl methyl sites for hydroxylation is 2. The van der Waals surface area contributed by atoms with E-state index in [1.807, 2.05) is 6.07 Å². The van der Waals surface area contributed by atoms with Crippen LogP contribution in [-0.2, 0) is 11.2 Å². The van der Waals surface area contributed by atoms with E-state index in [-0.39, 0.29) is 11.4 Å². The molecule has 3 heteroatoms. The standard InChI is InChI=1S/C15H22BrNO/c1-5-15(4,10-16)17-14(18)9-13-7-6-11(2)12(3)8-13/h6-8H,5,9-10H2,1-4H3,(H,17,18). The lowest BCUT2D eigenvalue weighted by atomic mass is 10.0. The van der Waals surface area contributed by atoms with E-state index in [9.17, 15) is 4.79 Å². The average Bonchev–Trinajstić information content (AvgIpc) is 2.33. The van der Waals surface area contributed by atoms with Crippen LogP contribution >= 0.6 is 15.9 Å². The summed E-state index contributed by atoms with van der Waals surface area (Å²) in [5.41, 5.74) is 3.41. The molecule has 0 saturated carbocycles. The predicted octanol–water partition coefficient (Wildman–Crippen LogP) is 3.53. The van der Waals surface area contributed by atoms with Crippen molar-refractivity contribution in [1.29, 1.82) is 0 Å². The highest BCUT2D eigenvalue weighted by atomic mass is 79.9. The highest BCUT2D eigenvalue weighted by Gasteiger charge is 2.22. The molecule has 1 aromatic rings. The monoisotopic (exact) mass is 311 g/mol. The summed E-state index contributed by atoms with van der Waals surface area (Å²) in [6.07, 6.45) is 1.36. The van der Waals surface area contributed by atoms with Crippen LogP contribution in [0.25, 0.3) is 0 Å². The average molecular weight is 312 g/mol. The topological polar surface area (TPSA) is 29.1 Å². The van der Waals surface area contributed by atoms with E-state index in [2.05, 4.69) is 61.1 Å². The number of amides is 1. The largest absolute Gasteiger partial charge is 0.350 e. The van der Waals surface area contributed by atoms with Gasteiger partial charge in [-0.15, -0.1) is 0 Å². The van der Waals surface area contributed by atoms with E-state index in [1.165, 1.54) is 11.1 Å². The van der Waals surface area contributed by atoms with Gasteiger partial charge in [-0.25, -0.2) is 0 Å². The molecule has 2 nitrogen and oxygen atoms in total. The minimum Gasteiger partial charge on any atom is -0.350 e. The van der Waals surface area contributed by atoms with Crippen molar-refractivity contribution in [3.63, 3.8) is 0 Å². The van der Waals surface area contributed by atoms with Crippen LogP contribution in [-0.4, -0.2) is 16.8 Å². The summed E-state index contributed by atoms with van der Waals surface area (Å²) in [5.74, 6) is 0.0852. The maximum Gasteiger partial charge on any atom is 0.224 e. The number of halogens is 1. The van der Waals surface area contributed by atoms with Crippen LogP contribution in [0.1, 0.15) is 37.0 Å². The number of nitrogens with one attached hydrogen (secondary N) is 1. The number of carbonyl (C=O) groups excluding carboxylic acids is 1. The summed E-state index contributed by atoms with van der Waals surface area (Å²) >= 11 is 3.45. The van der Waals surface area contributed by atoms with Crippen LogP contribution in [0.3, 0.4) is 0 Å². The Hall–Kier alpha value is -0.830. The first-order valence-electron chi connectivity index (χ1n) is 6.33. The molecule has 0 radical (unpaired) electrons. The van der Waals surface area contributed by atoms with Crippen molar-refractivity contribution in [3.05, 3.63) is 34.9 Å². The lowest BCUT2D eigenvalue weighted by Gasteiger charge is -2.27. The Bertz CT molecular complexity index is 425. The molecule has 0 saturated heterocycles. The Kier molecular flexibility index (Phi) is 5.39. The van der Waals surface area contributed by atoms with Crippen molar-refractivity contribution < 1.29 is 4.79 Å². The first-order valence-corrected chi connectivity index (χ1v) is 7.45. The van der Waals surface area contributed by atoms with Crippen molar-refractivity contribution in [1.82, 2.24) is 5.32 Å². The van der Waals surface area contributed by atoms with Gasteiger partial charge in [-0.2, -0.15) is 0 Å². The lowest BCUT2D eigenvalue weighted by molar-refractivity contribution is -0.122. The second-order valence-electron chi connectivity index (χ2n) is 5.19. The van der Waals surface area contributed by atoms with Crippen LogP contribution in [0, 0.1) is 13.8 Å². The van der Waals surface area contributed by atoms with Gasteiger partial charge in [0, 0.05) is 10.9 Å². The predicted molar refractivity (Wildman–Crippen MR) is 80.3 cm³/mol. The van der Waals surface area contributed by atoms with Gasteiger partial charge in [0.2, 0.25) is 5.91 Å². The molecule has 0 spiro atoms. The first-order chi connectivity index (χ1) is 8.40. The van der Waals surface area contributed by atoms with Crippen molar-refractivity contribution in [2.75, 3.05) is 5.33 Å². The summed E-state index contributed by atoms with van der Waals surface area (Å²) in [6, 6.07) is 6.19. The van der Waals surface area contributed by atoms with Gasteiger partial charge in [-0.05, 0) is 43.9 Å². The van der Waals surface area contributed by atoms with Gasteiger partial charge in [-0.1, -0.05) is 41.1 Å². The Balaban J connectivity index is 2.67. The second-order valence-corrected chi connectivity index (χ2v) is 5.75. The molecule has 18 heavy (non-hydrogen) atoms. The molecule has 0 aliphatic rings. The number of carbonyl (C=O) groups is 1.